The minimum Gasteiger partial charge on any atom is -0.480 e. The largest absolute Gasteiger partial charge is 0.480 e. The van der Waals surface area contributed by atoms with Gasteiger partial charge in [0.15, 0.2) is 0 Å². The monoisotopic (exact) mass is 201 g/mol. The second kappa shape index (κ2) is 3.87. The van der Waals surface area contributed by atoms with Crippen molar-refractivity contribution in [2.45, 2.75) is 50.6 Å². The zero-order chi connectivity index (χ0) is 10.8. The average Bonchev–Trinajstić information content (AvgIpc) is 2.53. The highest BCUT2D eigenvalue weighted by molar-refractivity contribution is 5.77. The number of aliphatic hydroxyl groups is 1. The van der Waals surface area contributed by atoms with Crippen LogP contribution in [0.3, 0.4) is 0 Å². The van der Waals surface area contributed by atoms with Gasteiger partial charge >= 0.3 is 5.97 Å². The molecule has 4 nitrogen and oxygen atoms in total. The summed E-state index contributed by atoms with van der Waals surface area (Å²) in [5.41, 5.74) is -1.34. The van der Waals surface area contributed by atoms with Crippen molar-refractivity contribution in [2.24, 2.45) is 0 Å². The lowest BCUT2D eigenvalue weighted by molar-refractivity contribution is -0.144. The highest BCUT2D eigenvalue weighted by Gasteiger charge is 2.40. The number of aliphatic hydroxyl groups excluding tert-OH is 1. The minimum atomic E-state index is -0.965. The maximum atomic E-state index is 10.9. The van der Waals surface area contributed by atoms with Crippen molar-refractivity contribution < 1.29 is 15.0 Å². The van der Waals surface area contributed by atoms with Gasteiger partial charge < -0.3 is 10.2 Å². The Bertz CT molecular complexity index is 219. The van der Waals surface area contributed by atoms with Crippen LogP contribution in [-0.2, 0) is 4.79 Å². The third-order valence-electron chi connectivity index (χ3n) is 2.98. The van der Waals surface area contributed by atoms with Crippen LogP contribution in [-0.4, -0.2) is 33.9 Å². The molecule has 0 atom stereocenters. The minimum absolute atomic E-state index is 0.0176. The first-order valence-corrected chi connectivity index (χ1v) is 5.05. The van der Waals surface area contributed by atoms with Crippen molar-refractivity contribution in [3.8, 4) is 0 Å². The van der Waals surface area contributed by atoms with Crippen LogP contribution in [0.1, 0.15) is 39.5 Å². The van der Waals surface area contributed by atoms with Gasteiger partial charge in [0.05, 0.1) is 6.61 Å². The quantitative estimate of drug-likeness (QED) is 0.627. The van der Waals surface area contributed by atoms with E-state index in [9.17, 15) is 9.90 Å². The van der Waals surface area contributed by atoms with Crippen LogP contribution in [0, 0.1) is 0 Å². The van der Waals surface area contributed by atoms with Gasteiger partial charge in [-0.2, -0.15) is 0 Å². The summed E-state index contributed by atoms with van der Waals surface area (Å²) in [5, 5.41) is 21.3. The molecule has 1 rings (SSSR count). The fourth-order valence-corrected chi connectivity index (χ4v) is 2.09. The van der Waals surface area contributed by atoms with Crippen LogP contribution in [0.4, 0.5) is 0 Å². The average molecular weight is 201 g/mol. The van der Waals surface area contributed by atoms with Crippen LogP contribution < -0.4 is 5.32 Å². The molecule has 1 saturated carbocycles. The Kier molecular flexibility index (Phi) is 3.17. The molecule has 0 radical (unpaired) electrons. The van der Waals surface area contributed by atoms with Gasteiger partial charge in [-0.3, -0.25) is 10.1 Å². The lowest BCUT2D eigenvalue weighted by Gasteiger charge is -2.35. The summed E-state index contributed by atoms with van der Waals surface area (Å²) in [6.07, 6.45) is 3.84. The molecule has 0 aromatic heterocycles. The van der Waals surface area contributed by atoms with E-state index in [4.69, 9.17) is 5.11 Å². The van der Waals surface area contributed by atoms with Crippen LogP contribution in [0.2, 0.25) is 0 Å². The standard InChI is InChI=1S/C10H19NO3/c1-9(2,8(13)14)11-10(7-12)5-3-4-6-10/h11-12H,3-7H2,1-2H3,(H,13,14). The van der Waals surface area contributed by atoms with Crippen LogP contribution in [0.5, 0.6) is 0 Å². The van der Waals surface area contributed by atoms with Gasteiger partial charge in [-0.15, -0.1) is 0 Å². The Morgan fingerprint density at radius 2 is 1.93 bits per heavy atom. The molecule has 0 aromatic rings. The van der Waals surface area contributed by atoms with Gasteiger partial charge in [0.1, 0.15) is 5.54 Å². The number of carbonyl (C=O) groups is 1. The molecule has 1 aliphatic carbocycles. The van der Waals surface area contributed by atoms with Gasteiger partial charge in [-0.05, 0) is 26.7 Å². The van der Waals surface area contributed by atoms with E-state index in [1.165, 1.54) is 0 Å². The third kappa shape index (κ3) is 2.25. The molecule has 0 bridgehead atoms. The first kappa shape index (κ1) is 11.5. The molecule has 1 fully saturated rings. The van der Waals surface area contributed by atoms with Gasteiger partial charge in [-0.25, -0.2) is 0 Å². The van der Waals surface area contributed by atoms with Gasteiger partial charge in [-0.1, -0.05) is 12.8 Å². The summed E-state index contributed by atoms with van der Waals surface area (Å²) in [4.78, 5) is 10.9. The molecule has 0 unspecified atom stereocenters. The SMILES string of the molecule is CC(C)(NC1(CO)CCCC1)C(=O)O. The molecule has 0 heterocycles. The summed E-state index contributed by atoms with van der Waals surface area (Å²) in [7, 11) is 0. The molecule has 4 heteroatoms. The Morgan fingerprint density at radius 3 is 2.29 bits per heavy atom. The van der Waals surface area contributed by atoms with Gasteiger partial charge in [0.25, 0.3) is 0 Å². The third-order valence-corrected chi connectivity index (χ3v) is 2.98. The van der Waals surface area contributed by atoms with E-state index >= 15 is 0 Å². The summed E-state index contributed by atoms with van der Waals surface area (Å²) >= 11 is 0. The normalized spacial score (nSPS) is 21.1. The van der Waals surface area contributed by atoms with E-state index in [1.807, 2.05) is 0 Å². The number of carboxylic acids is 1. The predicted octanol–water partition coefficient (Wildman–Crippen LogP) is 0.744. The Balaban J connectivity index is 2.69. The number of nitrogens with one attached hydrogen (secondary N) is 1. The van der Waals surface area contributed by atoms with Crippen molar-refractivity contribution in [3.63, 3.8) is 0 Å². The lowest BCUT2D eigenvalue weighted by atomic mass is 9.93. The van der Waals surface area contributed by atoms with E-state index in [0.717, 1.165) is 25.7 Å². The molecule has 0 aromatic carbocycles. The first-order chi connectivity index (χ1) is 6.42. The second-order valence-corrected chi connectivity index (χ2v) is 4.70. The Hall–Kier alpha value is -0.610. The lowest BCUT2D eigenvalue weighted by Crippen LogP contribution is -2.59. The van der Waals surface area contributed by atoms with Crippen molar-refractivity contribution in [1.29, 1.82) is 0 Å². The van der Waals surface area contributed by atoms with Crippen molar-refractivity contribution in [1.82, 2.24) is 5.32 Å². The van der Waals surface area contributed by atoms with E-state index in [2.05, 4.69) is 5.32 Å². The Morgan fingerprint density at radius 1 is 1.43 bits per heavy atom. The van der Waals surface area contributed by atoms with Crippen molar-refractivity contribution in [2.75, 3.05) is 6.61 Å². The fraction of sp³-hybridized carbons (Fsp3) is 0.900. The van der Waals surface area contributed by atoms with E-state index < -0.39 is 11.5 Å². The smallest absolute Gasteiger partial charge is 0.323 e. The maximum Gasteiger partial charge on any atom is 0.323 e. The Labute approximate surface area is 84.3 Å². The molecule has 3 N–H and O–H groups in total. The molecule has 1 aliphatic rings. The summed E-state index contributed by atoms with van der Waals surface area (Å²) in [6, 6.07) is 0. The highest BCUT2D eigenvalue weighted by Crippen LogP contribution is 2.31. The van der Waals surface area contributed by atoms with E-state index in [1.54, 1.807) is 13.8 Å². The number of hydrogen-bond acceptors (Lipinski definition) is 3. The number of rotatable bonds is 4. The molecule has 0 aliphatic heterocycles. The number of hydrogen-bond donors (Lipinski definition) is 3. The molecule has 0 spiro atoms. The molecular formula is C10H19NO3. The number of carboxylic acid groups (broad SMARTS) is 1. The summed E-state index contributed by atoms with van der Waals surface area (Å²) < 4.78 is 0. The summed E-state index contributed by atoms with van der Waals surface area (Å²) in [5.74, 6) is -0.878. The summed E-state index contributed by atoms with van der Waals surface area (Å²) in [6.45, 7) is 3.28. The van der Waals surface area contributed by atoms with E-state index in [0.29, 0.717) is 0 Å². The number of aliphatic carboxylic acids is 1. The fourth-order valence-electron chi connectivity index (χ4n) is 2.09. The molecule has 14 heavy (non-hydrogen) atoms. The predicted molar refractivity (Wildman–Crippen MR) is 53.1 cm³/mol. The molecular weight excluding hydrogens is 182 g/mol. The zero-order valence-corrected chi connectivity index (χ0v) is 8.84. The molecule has 0 saturated heterocycles. The van der Waals surface area contributed by atoms with Crippen LogP contribution in [0.25, 0.3) is 0 Å². The topological polar surface area (TPSA) is 69.6 Å². The maximum absolute atomic E-state index is 10.9. The van der Waals surface area contributed by atoms with Gasteiger partial charge in [0, 0.05) is 5.54 Å². The highest BCUT2D eigenvalue weighted by atomic mass is 16.4. The zero-order valence-electron chi connectivity index (χ0n) is 8.84. The van der Waals surface area contributed by atoms with Gasteiger partial charge in [0.2, 0.25) is 0 Å². The molecule has 0 amide bonds. The molecule has 82 valence electrons. The van der Waals surface area contributed by atoms with Crippen LogP contribution >= 0.6 is 0 Å². The first-order valence-electron chi connectivity index (χ1n) is 5.05. The van der Waals surface area contributed by atoms with E-state index in [-0.39, 0.29) is 12.1 Å². The second-order valence-electron chi connectivity index (χ2n) is 4.70. The van der Waals surface area contributed by atoms with Crippen molar-refractivity contribution >= 4 is 5.97 Å². The van der Waals surface area contributed by atoms with Crippen LogP contribution in [0.15, 0.2) is 0 Å². The van der Waals surface area contributed by atoms with Crippen molar-refractivity contribution in [3.05, 3.63) is 0 Å².